The van der Waals surface area contributed by atoms with Crippen molar-refractivity contribution < 1.29 is 9.53 Å². The monoisotopic (exact) mass is 385 g/mol. The summed E-state index contributed by atoms with van der Waals surface area (Å²) < 4.78 is 5.73. The Morgan fingerprint density at radius 1 is 1.12 bits per heavy atom. The number of carbonyl (C=O) groups excluding carboxylic acids is 1. The predicted octanol–water partition coefficient (Wildman–Crippen LogP) is 5.29. The molecule has 1 amide bonds. The summed E-state index contributed by atoms with van der Waals surface area (Å²) >= 11 is 7.51. The highest BCUT2D eigenvalue weighted by atomic mass is 35.5. The van der Waals surface area contributed by atoms with Crippen LogP contribution in [0.1, 0.15) is 17.4 Å². The van der Waals surface area contributed by atoms with Crippen LogP contribution in [-0.4, -0.2) is 21.6 Å². The zero-order valence-corrected chi connectivity index (χ0v) is 15.6. The fourth-order valence-electron chi connectivity index (χ4n) is 2.13. The van der Waals surface area contributed by atoms with E-state index in [1.54, 1.807) is 24.3 Å². The molecule has 26 heavy (non-hydrogen) atoms. The van der Waals surface area contributed by atoms with Gasteiger partial charge in [-0.25, -0.2) is 9.97 Å². The van der Waals surface area contributed by atoms with Crippen LogP contribution < -0.4 is 10.1 Å². The summed E-state index contributed by atoms with van der Waals surface area (Å²) in [6, 6.07) is 16.6. The number of hydrogen-bond acceptors (Lipinski definition) is 5. The zero-order valence-electron chi connectivity index (χ0n) is 14.0. The first-order chi connectivity index (χ1) is 12.7. The summed E-state index contributed by atoms with van der Waals surface area (Å²) in [7, 11) is 0. The molecule has 0 aliphatic carbocycles. The number of thioether (sulfide) groups is 1. The second-order valence-electron chi connectivity index (χ2n) is 5.18. The Balaban J connectivity index is 1.69. The maximum Gasteiger partial charge on any atom is 0.275 e. The molecule has 0 radical (unpaired) electrons. The van der Waals surface area contributed by atoms with Crippen LogP contribution in [0.5, 0.6) is 11.5 Å². The van der Waals surface area contributed by atoms with Crippen molar-refractivity contribution in [2.75, 3.05) is 11.1 Å². The minimum Gasteiger partial charge on any atom is -0.457 e. The van der Waals surface area contributed by atoms with Gasteiger partial charge in [0.15, 0.2) is 10.9 Å². The van der Waals surface area contributed by atoms with Gasteiger partial charge < -0.3 is 10.1 Å². The number of rotatable bonds is 6. The summed E-state index contributed by atoms with van der Waals surface area (Å²) in [6.45, 7) is 1.99. The van der Waals surface area contributed by atoms with Crippen LogP contribution in [0.25, 0.3) is 0 Å². The molecule has 5 nitrogen and oxygen atoms in total. The minimum absolute atomic E-state index is 0.155. The van der Waals surface area contributed by atoms with Crippen molar-refractivity contribution >= 4 is 35.0 Å². The average Bonchev–Trinajstić information content (AvgIpc) is 2.66. The first kappa shape index (κ1) is 18.2. The number of anilines is 1. The SMILES string of the molecule is CCSc1ncc(Cl)c(C(=O)Nc2ccc(Oc3ccccc3)cc2)n1. The number of carbonyl (C=O) groups is 1. The maximum atomic E-state index is 12.4. The third-order valence-electron chi connectivity index (χ3n) is 3.30. The fraction of sp³-hybridized carbons (Fsp3) is 0.105. The van der Waals surface area contributed by atoms with Gasteiger partial charge in [0.25, 0.3) is 5.91 Å². The third kappa shape index (κ3) is 4.74. The number of hydrogen-bond donors (Lipinski definition) is 1. The van der Waals surface area contributed by atoms with E-state index >= 15 is 0 Å². The molecule has 132 valence electrons. The average molecular weight is 386 g/mol. The molecule has 2 aromatic carbocycles. The second-order valence-corrected chi connectivity index (χ2v) is 6.81. The molecule has 0 bridgehead atoms. The molecule has 0 fully saturated rings. The van der Waals surface area contributed by atoms with Gasteiger partial charge in [-0.15, -0.1) is 0 Å². The minimum atomic E-state index is -0.382. The lowest BCUT2D eigenvalue weighted by molar-refractivity contribution is 0.102. The Labute approximate surface area is 160 Å². The largest absolute Gasteiger partial charge is 0.457 e. The number of para-hydroxylation sites is 1. The molecule has 0 aliphatic rings. The van der Waals surface area contributed by atoms with Crippen LogP contribution in [0.2, 0.25) is 5.02 Å². The van der Waals surface area contributed by atoms with E-state index in [0.29, 0.717) is 16.6 Å². The quantitative estimate of drug-likeness (QED) is 0.461. The third-order valence-corrected chi connectivity index (χ3v) is 4.32. The van der Waals surface area contributed by atoms with Crippen LogP contribution in [0.15, 0.2) is 66.0 Å². The molecule has 1 aromatic heterocycles. The molecule has 1 heterocycles. The number of nitrogens with zero attached hydrogens (tertiary/aromatic N) is 2. The van der Waals surface area contributed by atoms with E-state index in [1.807, 2.05) is 37.3 Å². The number of nitrogens with one attached hydrogen (secondary N) is 1. The molecule has 0 unspecified atom stereocenters. The molecule has 0 saturated carbocycles. The van der Waals surface area contributed by atoms with Crippen LogP contribution in [-0.2, 0) is 0 Å². The van der Waals surface area contributed by atoms with Crippen LogP contribution in [0.3, 0.4) is 0 Å². The molecule has 0 aliphatic heterocycles. The van der Waals surface area contributed by atoms with E-state index < -0.39 is 0 Å². The lowest BCUT2D eigenvalue weighted by Crippen LogP contribution is -2.15. The van der Waals surface area contributed by atoms with Gasteiger partial charge in [-0.1, -0.05) is 48.5 Å². The van der Waals surface area contributed by atoms with E-state index in [0.717, 1.165) is 11.5 Å². The van der Waals surface area contributed by atoms with Gasteiger partial charge >= 0.3 is 0 Å². The van der Waals surface area contributed by atoms with Crippen molar-refractivity contribution in [1.29, 1.82) is 0 Å². The van der Waals surface area contributed by atoms with Gasteiger partial charge in [-0.3, -0.25) is 4.79 Å². The van der Waals surface area contributed by atoms with Crippen molar-refractivity contribution in [3.8, 4) is 11.5 Å². The topological polar surface area (TPSA) is 64.1 Å². The summed E-state index contributed by atoms with van der Waals surface area (Å²) in [5.41, 5.74) is 0.775. The second kappa shape index (κ2) is 8.69. The Morgan fingerprint density at radius 2 is 1.81 bits per heavy atom. The maximum absolute atomic E-state index is 12.4. The number of halogens is 1. The summed E-state index contributed by atoms with van der Waals surface area (Å²) in [5, 5.41) is 3.52. The summed E-state index contributed by atoms with van der Waals surface area (Å²) in [4.78, 5) is 20.7. The molecular formula is C19H16ClN3O2S. The van der Waals surface area contributed by atoms with Crippen LogP contribution in [0.4, 0.5) is 5.69 Å². The Hall–Kier alpha value is -2.57. The Morgan fingerprint density at radius 3 is 2.50 bits per heavy atom. The van der Waals surface area contributed by atoms with Crippen LogP contribution in [0, 0.1) is 0 Å². The first-order valence-electron chi connectivity index (χ1n) is 7.95. The number of ether oxygens (including phenoxy) is 1. The van der Waals surface area contributed by atoms with E-state index in [4.69, 9.17) is 16.3 Å². The Bertz CT molecular complexity index is 889. The molecule has 0 saturated heterocycles. The number of aromatic nitrogens is 2. The van der Waals surface area contributed by atoms with Gasteiger partial charge in [0.05, 0.1) is 11.2 Å². The molecule has 3 rings (SSSR count). The van der Waals surface area contributed by atoms with Crippen molar-refractivity contribution in [3.63, 3.8) is 0 Å². The van der Waals surface area contributed by atoms with Gasteiger partial charge in [0, 0.05) is 5.69 Å². The number of amides is 1. The highest BCUT2D eigenvalue weighted by Gasteiger charge is 2.14. The molecule has 3 aromatic rings. The van der Waals surface area contributed by atoms with Crippen molar-refractivity contribution in [1.82, 2.24) is 9.97 Å². The van der Waals surface area contributed by atoms with E-state index in [9.17, 15) is 4.79 Å². The summed E-state index contributed by atoms with van der Waals surface area (Å²) in [6.07, 6.45) is 1.44. The first-order valence-corrected chi connectivity index (χ1v) is 9.31. The van der Waals surface area contributed by atoms with Crippen molar-refractivity contribution in [2.45, 2.75) is 12.1 Å². The molecule has 0 spiro atoms. The zero-order chi connectivity index (χ0) is 18.4. The lowest BCUT2D eigenvalue weighted by Gasteiger charge is -2.09. The molecule has 0 atom stereocenters. The van der Waals surface area contributed by atoms with Crippen molar-refractivity contribution in [2.24, 2.45) is 0 Å². The number of benzene rings is 2. The lowest BCUT2D eigenvalue weighted by atomic mass is 10.3. The van der Waals surface area contributed by atoms with E-state index in [-0.39, 0.29) is 16.6 Å². The van der Waals surface area contributed by atoms with Crippen LogP contribution >= 0.6 is 23.4 Å². The summed E-state index contributed by atoms with van der Waals surface area (Å²) in [5.74, 6) is 1.85. The molecule has 1 N–H and O–H groups in total. The van der Waals surface area contributed by atoms with E-state index in [2.05, 4.69) is 15.3 Å². The normalized spacial score (nSPS) is 10.4. The smallest absolute Gasteiger partial charge is 0.275 e. The van der Waals surface area contributed by atoms with Crippen molar-refractivity contribution in [3.05, 3.63) is 71.5 Å². The Kier molecular flexibility index (Phi) is 6.09. The predicted molar refractivity (Wildman–Crippen MR) is 104 cm³/mol. The fourth-order valence-corrected chi connectivity index (χ4v) is 2.85. The molecule has 7 heteroatoms. The van der Waals surface area contributed by atoms with Gasteiger partial charge in [-0.05, 0) is 42.2 Å². The van der Waals surface area contributed by atoms with E-state index in [1.165, 1.54) is 18.0 Å². The highest BCUT2D eigenvalue weighted by molar-refractivity contribution is 7.99. The molecular weight excluding hydrogens is 370 g/mol. The standard InChI is InChI=1S/C19H16ClN3O2S/c1-2-26-19-21-12-16(20)17(23-19)18(24)22-13-8-10-15(11-9-13)25-14-6-4-3-5-7-14/h3-12H,2H2,1H3,(H,22,24). The van der Waals surface area contributed by atoms with Gasteiger partial charge in [0.2, 0.25) is 0 Å². The highest BCUT2D eigenvalue weighted by Crippen LogP contribution is 2.24. The van der Waals surface area contributed by atoms with Gasteiger partial charge in [-0.2, -0.15) is 0 Å². The van der Waals surface area contributed by atoms with Gasteiger partial charge in [0.1, 0.15) is 11.5 Å².